The summed E-state index contributed by atoms with van der Waals surface area (Å²) in [5, 5.41) is 0. The van der Waals surface area contributed by atoms with Gasteiger partial charge in [-0.3, -0.25) is 0 Å². The van der Waals surface area contributed by atoms with Crippen LogP contribution in [0.25, 0.3) is 11.1 Å². The molecule has 2 heterocycles. The van der Waals surface area contributed by atoms with Crippen LogP contribution in [0.4, 0.5) is 5.69 Å². The van der Waals surface area contributed by atoms with Crippen molar-refractivity contribution in [1.29, 1.82) is 0 Å². The Morgan fingerprint density at radius 2 is 1.48 bits per heavy atom. The van der Waals surface area contributed by atoms with E-state index in [2.05, 4.69) is 41.3 Å². The zero-order valence-corrected chi connectivity index (χ0v) is 13.4. The lowest BCUT2D eigenvalue weighted by Crippen LogP contribution is -2.29. The smallest absolute Gasteiger partial charge is 0.119 e. The fourth-order valence-corrected chi connectivity index (χ4v) is 3.11. The summed E-state index contributed by atoms with van der Waals surface area (Å²) in [6.07, 6.45) is 4.30. The minimum Gasteiger partial charge on any atom is -0.491 e. The highest BCUT2D eigenvalue weighted by Crippen LogP contribution is 2.26. The molecule has 0 saturated carbocycles. The van der Waals surface area contributed by atoms with Crippen molar-refractivity contribution in [2.45, 2.75) is 25.4 Å². The highest BCUT2D eigenvalue weighted by molar-refractivity contribution is 5.67. The molecule has 0 amide bonds. The predicted molar refractivity (Wildman–Crippen MR) is 93.2 cm³/mol. The van der Waals surface area contributed by atoms with Crippen LogP contribution in [0.3, 0.4) is 0 Å². The lowest BCUT2D eigenvalue weighted by Gasteiger charge is -2.28. The summed E-state index contributed by atoms with van der Waals surface area (Å²) in [5.74, 6) is 0.911. The summed E-state index contributed by atoms with van der Waals surface area (Å²) in [6, 6.07) is 17.3. The summed E-state index contributed by atoms with van der Waals surface area (Å²) in [4.78, 5) is 2.49. The van der Waals surface area contributed by atoms with Gasteiger partial charge in [-0.25, -0.2) is 0 Å². The minimum absolute atomic E-state index is 0.303. The molecule has 0 radical (unpaired) electrons. The molecule has 3 heteroatoms. The van der Waals surface area contributed by atoms with Gasteiger partial charge in [-0.05, 0) is 54.7 Å². The Bertz CT molecular complexity index is 626. The maximum atomic E-state index is 5.69. The Hall–Kier alpha value is -2.00. The molecular weight excluding hydrogens is 286 g/mol. The van der Waals surface area contributed by atoms with Crippen LogP contribution in [0.1, 0.15) is 19.3 Å². The van der Waals surface area contributed by atoms with Gasteiger partial charge in [0, 0.05) is 18.8 Å². The number of hydrogen-bond acceptors (Lipinski definition) is 3. The van der Waals surface area contributed by atoms with E-state index in [0.29, 0.717) is 12.7 Å². The molecule has 0 spiro atoms. The van der Waals surface area contributed by atoms with Crippen LogP contribution >= 0.6 is 0 Å². The molecule has 0 bridgehead atoms. The number of rotatable bonds is 5. The van der Waals surface area contributed by atoms with Crippen LogP contribution in [0.5, 0.6) is 5.75 Å². The molecule has 120 valence electrons. The minimum atomic E-state index is 0.303. The fraction of sp³-hybridized carbons (Fsp3) is 0.400. The van der Waals surface area contributed by atoms with Gasteiger partial charge >= 0.3 is 0 Å². The average Bonchev–Trinajstić information content (AvgIpc) is 3.46. The van der Waals surface area contributed by atoms with Crippen molar-refractivity contribution in [2.24, 2.45) is 0 Å². The second kappa shape index (κ2) is 6.63. The van der Waals surface area contributed by atoms with Gasteiger partial charge in [0.05, 0.1) is 6.61 Å². The Balaban J connectivity index is 1.42. The molecule has 0 aromatic heterocycles. The molecule has 0 N–H and O–H groups in total. The van der Waals surface area contributed by atoms with Gasteiger partial charge in [0.2, 0.25) is 0 Å². The van der Waals surface area contributed by atoms with E-state index in [-0.39, 0.29) is 0 Å². The number of piperidine rings is 1. The number of hydrogen-bond donors (Lipinski definition) is 0. The van der Waals surface area contributed by atoms with Crippen LogP contribution in [0, 0.1) is 0 Å². The van der Waals surface area contributed by atoms with E-state index in [0.717, 1.165) is 12.4 Å². The summed E-state index contributed by atoms with van der Waals surface area (Å²) in [5.41, 5.74) is 3.82. The Labute approximate surface area is 137 Å². The maximum Gasteiger partial charge on any atom is 0.119 e. The number of ether oxygens (including phenoxy) is 2. The number of benzene rings is 2. The van der Waals surface area contributed by atoms with Crippen molar-refractivity contribution in [3.63, 3.8) is 0 Å². The molecule has 1 atom stereocenters. The maximum absolute atomic E-state index is 5.69. The third-order valence-corrected chi connectivity index (χ3v) is 4.61. The van der Waals surface area contributed by atoms with Crippen molar-refractivity contribution < 1.29 is 9.47 Å². The summed E-state index contributed by atoms with van der Waals surface area (Å²) >= 11 is 0. The highest BCUT2D eigenvalue weighted by atomic mass is 16.6. The molecule has 2 aliphatic heterocycles. The van der Waals surface area contributed by atoms with E-state index in [1.54, 1.807) is 0 Å². The Morgan fingerprint density at radius 3 is 2.09 bits per heavy atom. The lowest BCUT2D eigenvalue weighted by molar-refractivity contribution is 0.263. The predicted octanol–water partition coefficient (Wildman–Crippen LogP) is 4.12. The van der Waals surface area contributed by atoms with Gasteiger partial charge in [0.15, 0.2) is 0 Å². The molecule has 0 aliphatic carbocycles. The monoisotopic (exact) mass is 309 g/mol. The first-order valence-corrected chi connectivity index (χ1v) is 8.58. The van der Waals surface area contributed by atoms with Gasteiger partial charge < -0.3 is 14.4 Å². The molecule has 3 nitrogen and oxygen atoms in total. The molecule has 1 unspecified atom stereocenters. The standard InChI is InChI=1S/C20H23NO2/c1-2-12-21(13-3-1)18-8-4-16(5-9-18)17-6-10-19(11-7-17)22-14-20-15-23-20/h4-11,20H,1-3,12-15H2. The van der Waals surface area contributed by atoms with E-state index in [1.807, 2.05) is 12.1 Å². The zero-order valence-electron chi connectivity index (χ0n) is 13.4. The molecule has 23 heavy (non-hydrogen) atoms. The van der Waals surface area contributed by atoms with Crippen LogP contribution in [0.2, 0.25) is 0 Å². The van der Waals surface area contributed by atoms with Crippen molar-refractivity contribution >= 4 is 5.69 Å². The molecule has 4 rings (SSSR count). The van der Waals surface area contributed by atoms with Crippen molar-refractivity contribution in [3.05, 3.63) is 48.5 Å². The first kappa shape index (κ1) is 14.6. The van der Waals surface area contributed by atoms with Crippen LogP contribution in [0.15, 0.2) is 48.5 Å². The normalized spacial score (nSPS) is 20.3. The first-order chi connectivity index (χ1) is 11.4. The van der Waals surface area contributed by atoms with Crippen LogP contribution < -0.4 is 9.64 Å². The molecular formula is C20H23NO2. The third kappa shape index (κ3) is 3.67. The number of anilines is 1. The van der Waals surface area contributed by atoms with Crippen LogP contribution in [-0.2, 0) is 4.74 Å². The van der Waals surface area contributed by atoms with Gasteiger partial charge in [-0.15, -0.1) is 0 Å². The fourth-order valence-electron chi connectivity index (χ4n) is 3.11. The summed E-state index contributed by atoms with van der Waals surface area (Å²) in [7, 11) is 0. The largest absolute Gasteiger partial charge is 0.491 e. The molecule has 2 saturated heterocycles. The summed E-state index contributed by atoms with van der Waals surface area (Å²) in [6.45, 7) is 3.87. The van der Waals surface area contributed by atoms with E-state index >= 15 is 0 Å². The van der Waals surface area contributed by atoms with Gasteiger partial charge in [-0.2, -0.15) is 0 Å². The quantitative estimate of drug-likeness (QED) is 0.777. The summed E-state index contributed by atoms with van der Waals surface area (Å²) < 4.78 is 10.8. The average molecular weight is 309 g/mol. The van der Waals surface area contributed by atoms with E-state index < -0.39 is 0 Å². The number of epoxide rings is 1. The second-order valence-corrected chi connectivity index (χ2v) is 6.39. The van der Waals surface area contributed by atoms with Gasteiger partial charge in [0.25, 0.3) is 0 Å². The van der Waals surface area contributed by atoms with E-state index in [4.69, 9.17) is 9.47 Å². The molecule has 2 aliphatic rings. The van der Waals surface area contributed by atoms with E-state index in [9.17, 15) is 0 Å². The van der Waals surface area contributed by atoms with Gasteiger partial charge in [0.1, 0.15) is 18.5 Å². The SMILES string of the molecule is c1cc(-c2ccc(N3CCCCC3)cc2)ccc1OCC1CO1. The highest BCUT2D eigenvalue weighted by Gasteiger charge is 2.22. The Morgan fingerprint density at radius 1 is 0.870 bits per heavy atom. The zero-order chi connectivity index (χ0) is 15.5. The third-order valence-electron chi connectivity index (χ3n) is 4.61. The van der Waals surface area contributed by atoms with Gasteiger partial charge in [-0.1, -0.05) is 24.3 Å². The van der Waals surface area contributed by atoms with E-state index in [1.165, 1.54) is 49.2 Å². The number of nitrogens with zero attached hydrogens (tertiary/aromatic N) is 1. The van der Waals surface area contributed by atoms with Crippen LogP contribution in [-0.4, -0.2) is 32.4 Å². The Kier molecular flexibility index (Phi) is 4.20. The second-order valence-electron chi connectivity index (χ2n) is 6.39. The van der Waals surface area contributed by atoms with Crippen molar-refractivity contribution in [3.8, 4) is 16.9 Å². The lowest BCUT2D eigenvalue weighted by atomic mass is 10.0. The topological polar surface area (TPSA) is 25.0 Å². The van der Waals surface area contributed by atoms with Crippen molar-refractivity contribution in [2.75, 3.05) is 31.2 Å². The van der Waals surface area contributed by atoms with Crippen molar-refractivity contribution in [1.82, 2.24) is 0 Å². The molecule has 2 fully saturated rings. The molecule has 2 aromatic carbocycles. The first-order valence-electron chi connectivity index (χ1n) is 8.58. The molecule has 2 aromatic rings.